The van der Waals surface area contributed by atoms with Gasteiger partial charge in [0, 0.05) is 19.6 Å². The highest BCUT2D eigenvalue weighted by molar-refractivity contribution is 5.75. The lowest BCUT2D eigenvalue weighted by Gasteiger charge is -2.12. The van der Waals surface area contributed by atoms with Crippen molar-refractivity contribution in [2.24, 2.45) is 0 Å². The third-order valence-electron chi connectivity index (χ3n) is 3.11. The average molecular weight is 262 g/mol. The summed E-state index contributed by atoms with van der Waals surface area (Å²) in [5.74, 6) is 0.940. The monoisotopic (exact) mass is 262 g/mol. The minimum Gasteiger partial charge on any atom is -0.390 e. The number of ether oxygens (including phenoxy) is 1. The number of aliphatic hydroxyl groups excluding tert-OH is 1. The third kappa shape index (κ3) is 3.33. The van der Waals surface area contributed by atoms with Crippen LogP contribution in [0.2, 0.25) is 0 Å². The highest BCUT2D eigenvalue weighted by atomic mass is 16.5. The fraction of sp³-hybridized carbons (Fsp3) is 0.533. The van der Waals surface area contributed by atoms with E-state index in [2.05, 4.69) is 22.5 Å². The number of aryl methyl sites for hydroxylation is 1. The van der Waals surface area contributed by atoms with Gasteiger partial charge in [-0.1, -0.05) is 19.1 Å². The average Bonchev–Trinajstić information content (AvgIpc) is 2.75. The maximum atomic E-state index is 9.97. The van der Waals surface area contributed by atoms with Gasteiger partial charge in [-0.05, 0) is 25.5 Å². The quantitative estimate of drug-likeness (QED) is 0.833. The minimum absolute atomic E-state index is 0.367. The Bertz CT molecular complexity index is 522. The van der Waals surface area contributed by atoms with Gasteiger partial charge in [0.1, 0.15) is 5.82 Å². The Morgan fingerprint density at radius 1 is 1.32 bits per heavy atom. The molecule has 1 atom stereocenters. The van der Waals surface area contributed by atoms with Crippen molar-refractivity contribution in [2.75, 3.05) is 13.2 Å². The molecule has 0 saturated carbocycles. The van der Waals surface area contributed by atoms with Crippen molar-refractivity contribution < 1.29 is 9.84 Å². The number of rotatable bonds is 7. The number of hydrogen-bond donors (Lipinski definition) is 1. The highest BCUT2D eigenvalue weighted by Gasteiger charge is 2.14. The Balaban J connectivity index is 2.23. The summed E-state index contributed by atoms with van der Waals surface area (Å²) in [7, 11) is 0. The molecular weight excluding hydrogens is 240 g/mol. The summed E-state index contributed by atoms with van der Waals surface area (Å²) < 4.78 is 7.45. The predicted molar refractivity (Wildman–Crippen MR) is 76.2 cm³/mol. The van der Waals surface area contributed by atoms with Gasteiger partial charge >= 0.3 is 0 Å². The summed E-state index contributed by atoms with van der Waals surface area (Å²) in [6, 6.07) is 8.11. The summed E-state index contributed by atoms with van der Waals surface area (Å²) in [4.78, 5) is 4.63. The van der Waals surface area contributed by atoms with Crippen LogP contribution >= 0.6 is 0 Å². The maximum absolute atomic E-state index is 9.97. The van der Waals surface area contributed by atoms with Crippen LogP contribution in [0.1, 0.15) is 26.1 Å². The molecule has 1 unspecified atom stereocenters. The number of hydrogen-bond acceptors (Lipinski definition) is 3. The molecule has 1 aromatic carbocycles. The highest BCUT2D eigenvalue weighted by Crippen LogP contribution is 2.17. The SMILES string of the molecule is CCCn1c(CC(O)COCC)nc2ccccc21. The van der Waals surface area contributed by atoms with Gasteiger partial charge in [-0.2, -0.15) is 0 Å². The molecule has 19 heavy (non-hydrogen) atoms. The number of benzene rings is 1. The number of aliphatic hydroxyl groups is 1. The third-order valence-corrected chi connectivity index (χ3v) is 3.11. The van der Waals surface area contributed by atoms with Gasteiger partial charge in [-0.3, -0.25) is 0 Å². The number of para-hydroxylation sites is 2. The Morgan fingerprint density at radius 3 is 2.84 bits per heavy atom. The number of aromatic nitrogens is 2. The van der Waals surface area contributed by atoms with Crippen LogP contribution in [0.15, 0.2) is 24.3 Å². The van der Waals surface area contributed by atoms with E-state index in [1.807, 2.05) is 25.1 Å². The number of fused-ring (bicyclic) bond motifs is 1. The van der Waals surface area contributed by atoms with Crippen LogP contribution in [-0.2, 0) is 17.7 Å². The molecule has 0 saturated heterocycles. The molecule has 2 aromatic rings. The van der Waals surface area contributed by atoms with Gasteiger partial charge in [0.15, 0.2) is 0 Å². The first-order chi connectivity index (χ1) is 9.26. The molecule has 0 radical (unpaired) electrons. The molecular formula is C15H22N2O2. The maximum Gasteiger partial charge on any atom is 0.112 e. The van der Waals surface area contributed by atoms with Gasteiger partial charge in [-0.25, -0.2) is 4.98 Å². The van der Waals surface area contributed by atoms with Crippen LogP contribution in [0.4, 0.5) is 0 Å². The van der Waals surface area contributed by atoms with Crippen molar-refractivity contribution >= 4 is 11.0 Å². The van der Waals surface area contributed by atoms with Crippen molar-refractivity contribution in [2.45, 2.75) is 39.3 Å². The van der Waals surface area contributed by atoms with Gasteiger partial charge in [0.05, 0.1) is 23.7 Å². The summed E-state index contributed by atoms with van der Waals surface area (Å²) in [5, 5.41) is 9.97. The molecule has 0 fully saturated rings. The number of imidazole rings is 1. The fourth-order valence-corrected chi connectivity index (χ4v) is 2.28. The second-order valence-corrected chi connectivity index (χ2v) is 4.69. The van der Waals surface area contributed by atoms with Crippen molar-refractivity contribution in [3.63, 3.8) is 0 Å². The topological polar surface area (TPSA) is 47.3 Å². The molecule has 0 aliphatic heterocycles. The largest absolute Gasteiger partial charge is 0.390 e. The Labute approximate surface area is 114 Å². The Hall–Kier alpha value is -1.39. The second-order valence-electron chi connectivity index (χ2n) is 4.69. The lowest BCUT2D eigenvalue weighted by atomic mass is 10.2. The van der Waals surface area contributed by atoms with E-state index in [4.69, 9.17) is 4.74 Å². The zero-order chi connectivity index (χ0) is 13.7. The second kappa shape index (κ2) is 6.68. The Morgan fingerprint density at radius 2 is 2.11 bits per heavy atom. The molecule has 1 N–H and O–H groups in total. The first-order valence-electron chi connectivity index (χ1n) is 6.96. The van der Waals surface area contributed by atoms with E-state index in [9.17, 15) is 5.11 Å². The fourth-order valence-electron chi connectivity index (χ4n) is 2.28. The molecule has 4 nitrogen and oxygen atoms in total. The zero-order valence-corrected chi connectivity index (χ0v) is 11.7. The minimum atomic E-state index is -0.493. The molecule has 0 amide bonds. The lowest BCUT2D eigenvalue weighted by molar-refractivity contribution is 0.0416. The molecule has 4 heteroatoms. The van der Waals surface area contributed by atoms with Crippen LogP contribution in [0, 0.1) is 0 Å². The molecule has 0 aliphatic rings. The van der Waals surface area contributed by atoms with E-state index in [-0.39, 0.29) is 0 Å². The zero-order valence-electron chi connectivity index (χ0n) is 11.7. The van der Waals surface area contributed by atoms with E-state index >= 15 is 0 Å². The van der Waals surface area contributed by atoms with Crippen LogP contribution < -0.4 is 0 Å². The van der Waals surface area contributed by atoms with E-state index in [0.717, 1.165) is 29.8 Å². The smallest absolute Gasteiger partial charge is 0.112 e. The van der Waals surface area contributed by atoms with Crippen molar-refractivity contribution in [1.29, 1.82) is 0 Å². The van der Waals surface area contributed by atoms with Crippen molar-refractivity contribution in [3.05, 3.63) is 30.1 Å². The van der Waals surface area contributed by atoms with Gasteiger partial charge < -0.3 is 14.4 Å². The first kappa shape index (κ1) is 14.0. The standard InChI is InChI=1S/C15H22N2O2/c1-3-9-17-14-8-6-5-7-13(14)16-15(17)10-12(18)11-19-4-2/h5-8,12,18H,3-4,9-11H2,1-2H3. The van der Waals surface area contributed by atoms with E-state index in [1.165, 1.54) is 0 Å². The molecule has 0 bridgehead atoms. The molecule has 104 valence electrons. The van der Waals surface area contributed by atoms with Crippen LogP contribution in [0.3, 0.4) is 0 Å². The first-order valence-corrected chi connectivity index (χ1v) is 6.96. The van der Waals surface area contributed by atoms with Crippen LogP contribution in [0.25, 0.3) is 11.0 Å². The van der Waals surface area contributed by atoms with Gasteiger partial charge in [0.2, 0.25) is 0 Å². The van der Waals surface area contributed by atoms with Gasteiger partial charge in [0.25, 0.3) is 0 Å². The normalized spacial score (nSPS) is 13.0. The predicted octanol–water partition coefficient (Wildman–Crippen LogP) is 2.39. The van der Waals surface area contributed by atoms with Crippen molar-refractivity contribution in [1.82, 2.24) is 9.55 Å². The summed E-state index contributed by atoms with van der Waals surface area (Å²) in [6.07, 6.45) is 1.09. The van der Waals surface area contributed by atoms with Crippen LogP contribution in [0.5, 0.6) is 0 Å². The molecule has 2 rings (SSSR count). The van der Waals surface area contributed by atoms with Crippen LogP contribution in [-0.4, -0.2) is 34.0 Å². The summed E-state index contributed by atoms with van der Waals surface area (Å²) in [5.41, 5.74) is 2.14. The molecule has 1 aromatic heterocycles. The van der Waals surface area contributed by atoms with E-state index in [0.29, 0.717) is 19.6 Å². The van der Waals surface area contributed by atoms with E-state index in [1.54, 1.807) is 0 Å². The molecule has 0 spiro atoms. The summed E-state index contributed by atoms with van der Waals surface area (Å²) >= 11 is 0. The Kier molecular flexibility index (Phi) is 4.93. The molecule has 0 aliphatic carbocycles. The lowest BCUT2D eigenvalue weighted by Crippen LogP contribution is -2.20. The van der Waals surface area contributed by atoms with E-state index < -0.39 is 6.10 Å². The number of nitrogens with zero attached hydrogens (tertiary/aromatic N) is 2. The summed E-state index contributed by atoms with van der Waals surface area (Å²) in [6.45, 7) is 6.00. The van der Waals surface area contributed by atoms with Crippen molar-refractivity contribution in [3.8, 4) is 0 Å². The van der Waals surface area contributed by atoms with Gasteiger partial charge in [-0.15, -0.1) is 0 Å². The molecule has 1 heterocycles.